The molecule has 0 spiro atoms. The van der Waals surface area contributed by atoms with Crippen LogP contribution in [0.2, 0.25) is 0 Å². The molecule has 7 heteroatoms. The van der Waals surface area contributed by atoms with Gasteiger partial charge in [0, 0.05) is 0 Å². The van der Waals surface area contributed by atoms with Crippen molar-refractivity contribution in [2.24, 2.45) is 0 Å². The van der Waals surface area contributed by atoms with Crippen LogP contribution >= 0.6 is 7.82 Å². The molecule has 0 bridgehead atoms. The molecule has 0 aliphatic rings. The van der Waals surface area contributed by atoms with Gasteiger partial charge in [-0.3, -0.25) is 0 Å². The van der Waals surface area contributed by atoms with Gasteiger partial charge in [-0.25, -0.2) is 4.57 Å². The summed E-state index contributed by atoms with van der Waals surface area (Å²) in [5.41, 5.74) is 0. The molecule has 0 atom stereocenters. The maximum atomic E-state index is 9.51. The Labute approximate surface area is 71.5 Å². The second kappa shape index (κ2) is 4.51. The zero-order chi connectivity index (χ0) is 5.21. The van der Waals surface area contributed by atoms with Crippen molar-refractivity contribution in [1.82, 2.24) is 0 Å². The Morgan fingerprint density at radius 1 is 1.57 bits per heavy atom. The number of hydrogen-bond donors (Lipinski definition) is 2. The van der Waals surface area contributed by atoms with Gasteiger partial charge in [0.05, 0.1) is 0 Å². The predicted octanol–water partition coefficient (Wildman–Crippen LogP) is -2.00. The molecule has 2 N–H and O–H groups in total. The molecule has 0 aromatic carbocycles. The molecule has 0 aliphatic carbocycles. The Balaban J connectivity index is 0. The summed E-state index contributed by atoms with van der Waals surface area (Å²) in [7, 11) is -4.08. The van der Waals surface area contributed by atoms with Gasteiger partial charge in [0.1, 0.15) is 0 Å². The first-order valence-corrected chi connectivity index (χ1v) is 3.52. The van der Waals surface area contributed by atoms with E-state index in [-0.39, 0.29) is 46.2 Å². The van der Waals surface area contributed by atoms with Crippen molar-refractivity contribution in [1.29, 1.82) is 0 Å². The summed E-state index contributed by atoms with van der Waals surface area (Å²) in [6.45, 7) is 0. The third kappa shape index (κ3) is 11.3. The van der Waals surface area contributed by atoms with Crippen LogP contribution in [0.25, 0.3) is 0 Å². The van der Waals surface area contributed by atoms with Gasteiger partial charge in [-0.05, 0) is 0 Å². The van der Waals surface area contributed by atoms with Crippen LogP contribution in [-0.4, -0.2) is 56.0 Å². The summed E-state index contributed by atoms with van der Waals surface area (Å²) in [6.07, 6.45) is 0. The average Bonchev–Trinajstić information content (AvgIpc) is 1.35. The first kappa shape index (κ1) is 11.4. The van der Waals surface area contributed by atoms with E-state index < -0.39 is 7.82 Å². The standard InChI is InChI=1S/Al.Na.H3O4P.3H/c;;1-5(2,3)4;;;/h;;(H3,1,2,3,4);;;/q+1;;;;;/p-1. The first-order valence-electron chi connectivity index (χ1n) is 1.17. The molecular formula is H5AlNaO4P. The molecule has 0 amide bonds. The fourth-order valence-electron chi connectivity index (χ4n) is 0. The van der Waals surface area contributed by atoms with E-state index in [0.29, 0.717) is 0 Å². The summed E-state index contributed by atoms with van der Waals surface area (Å²) in [4.78, 5) is 15.5. The summed E-state index contributed by atoms with van der Waals surface area (Å²) in [5.74, 6) is 0. The molecular weight excluding hydrogens is 145 g/mol. The fourth-order valence-corrected chi connectivity index (χ4v) is 0. The topological polar surface area (TPSA) is 66.8 Å². The van der Waals surface area contributed by atoms with Crippen LogP contribution in [0.4, 0.5) is 0 Å². The van der Waals surface area contributed by atoms with Crippen molar-refractivity contribution < 1.29 is 17.9 Å². The third-order valence-corrected chi connectivity index (χ3v) is 2.14. The minimum absolute atomic E-state index is 0. The Kier molecular flexibility index (Phi) is 7.38. The molecule has 0 radical (unpaired) electrons. The zero-order valence-electron chi connectivity index (χ0n) is 3.16. The van der Waals surface area contributed by atoms with Crippen molar-refractivity contribution in [2.45, 2.75) is 0 Å². The SMILES string of the molecule is O=P(O)(O)[O][AlH2].[NaH]. The number of hydrogen-bond acceptors (Lipinski definition) is 2. The molecule has 38 valence electrons. The molecule has 0 aromatic rings. The molecule has 0 aliphatic heterocycles. The molecule has 0 fully saturated rings. The van der Waals surface area contributed by atoms with Crippen LogP contribution < -0.4 is 0 Å². The van der Waals surface area contributed by atoms with Gasteiger partial charge in [-0.2, -0.15) is 0 Å². The molecule has 0 unspecified atom stereocenters. The predicted molar refractivity (Wildman–Crippen MR) is 28.8 cm³/mol. The summed E-state index contributed by atoms with van der Waals surface area (Å²) < 4.78 is 13.2. The molecule has 4 nitrogen and oxygen atoms in total. The zero-order valence-corrected chi connectivity index (χ0v) is 6.05. The Hall–Kier alpha value is 1.64. The average molecular weight is 150 g/mol. The quantitative estimate of drug-likeness (QED) is 0.335. The van der Waals surface area contributed by atoms with E-state index in [2.05, 4.69) is 3.58 Å². The van der Waals surface area contributed by atoms with E-state index in [1.807, 2.05) is 0 Å². The van der Waals surface area contributed by atoms with Crippen LogP contribution in [0, 0.1) is 0 Å². The normalized spacial score (nSPS) is 10.0. The molecule has 0 rings (SSSR count). The van der Waals surface area contributed by atoms with E-state index in [1.165, 1.54) is 0 Å². The van der Waals surface area contributed by atoms with Crippen molar-refractivity contribution in [2.75, 3.05) is 0 Å². The minimum atomic E-state index is -4.08. The third-order valence-electron chi connectivity index (χ3n) is 0.238. The van der Waals surface area contributed by atoms with Gasteiger partial charge in [0.2, 0.25) is 0 Å². The Bertz CT molecular complexity index is 75.8. The Morgan fingerprint density at radius 2 is 1.71 bits per heavy atom. The van der Waals surface area contributed by atoms with Gasteiger partial charge in [-0.15, -0.1) is 0 Å². The van der Waals surface area contributed by atoms with E-state index in [9.17, 15) is 4.57 Å². The van der Waals surface area contributed by atoms with Crippen molar-refractivity contribution in [3.8, 4) is 0 Å². The van der Waals surface area contributed by atoms with Crippen LogP contribution in [0.1, 0.15) is 0 Å². The Morgan fingerprint density at radius 3 is 1.71 bits per heavy atom. The van der Waals surface area contributed by atoms with Crippen molar-refractivity contribution >= 4 is 54.0 Å². The van der Waals surface area contributed by atoms with Crippen LogP contribution in [0.5, 0.6) is 0 Å². The van der Waals surface area contributed by atoms with Gasteiger partial charge in [-0.1, -0.05) is 0 Å². The van der Waals surface area contributed by atoms with Crippen LogP contribution in [-0.2, 0) is 8.14 Å². The maximum absolute atomic E-state index is 9.51. The van der Waals surface area contributed by atoms with Gasteiger partial charge < -0.3 is 13.4 Å². The van der Waals surface area contributed by atoms with E-state index >= 15 is 0 Å². The summed E-state index contributed by atoms with van der Waals surface area (Å²) in [6, 6.07) is 0. The molecule has 0 heterocycles. The summed E-state index contributed by atoms with van der Waals surface area (Å²) in [5, 5.41) is 0. The fraction of sp³-hybridized carbons (Fsp3) is 0. The van der Waals surface area contributed by atoms with Gasteiger partial charge >= 0.3 is 54.0 Å². The second-order valence-corrected chi connectivity index (χ2v) is 3.11. The van der Waals surface area contributed by atoms with Crippen molar-refractivity contribution in [3.05, 3.63) is 0 Å². The monoisotopic (exact) mass is 150 g/mol. The van der Waals surface area contributed by atoms with E-state index in [0.717, 1.165) is 0 Å². The van der Waals surface area contributed by atoms with Gasteiger partial charge in [0.25, 0.3) is 0 Å². The molecule has 0 saturated carbocycles. The van der Waals surface area contributed by atoms with Crippen LogP contribution in [0.3, 0.4) is 0 Å². The number of phosphoric acid groups is 1. The van der Waals surface area contributed by atoms with Crippen LogP contribution in [0.15, 0.2) is 0 Å². The van der Waals surface area contributed by atoms with E-state index in [1.54, 1.807) is 0 Å². The van der Waals surface area contributed by atoms with E-state index in [4.69, 9.17) is 9.79 Å². The van der Waals surface area contributed by atoms with Gasteiger partial charge in [0.15, 0.2) is 0 Å². The molecule has 7 heavy (non-hydrogen) atoms. The second-order valence-electron chi connectivity index (χ2n) is 0.673. The first-order chi connectivity index (χ1) is 2.56. The van der Waals surface area contributed by atoms with Crippen molar-refractivity contribution in [3.63, 3.8) is 0 Å². The molecule has 0 aromatic heterocycles. The molecule has 0 saturated heterocycles. The summed E-state index contributed by atoms with van der Waals surface area (Å²) >= 11 is 0.0849. The number of rotatable bonds is 1.